The number of morpholine rings is 1. The first-order chi connectivity index (χ1) is 8.77. The second-order valence-electron chi connectivity index (χ2n) is 4.01. The van der Waals surface area contributed by atoms with Gasteiger partial charge < -0.3 is 10.1 Å². The van der Waals surface area contributed by atoms with Crippen LogP contribution in [0.2, 0.25) is 0 Å². The maximum absolute atomic E-state index is 10.8. The summed E-state index contributed by atoms with van der Waals surface area (Å²) in [5.74, 6) is 0.329. The molecule has 0 aliphatic carbocycles. The molecule has 1 aromatic rings. The van der Waals surface area contributed by atoms with Crippen LogP contribution in [-0.4, -0.2) is 54.2 Å². The summed E-state index contributed by atoms with van der Waals surface area (Å²) in [4.78, 5) is 16.6. The Hall–Kier alpha value is -1.73. The number of rotatable bonds is 5. The molecule has 1 aliphatic heterocycles. The van der Waals surface area contributed by atoms with E-state index in [1.807, 2.05) is 0 Å². The fourth-order valence-electron chi connectivity index (χ4n) is 1.84. The summed E-state index contributed by atoms with van der Waals surface area (Å²) in [6.07, 6.45) is 1.55. The number of nitrogens with one attached hydrogen (secondary N) is 1. The lowest BCUT2D eigenvalue weighted by atomic mass is 10.3. The Labute approximate surface area is 105 Å². The van der Waals surface area contributed by atoms with Gasteiger partial charge in [0.25, 0.3) is 0 Å². The number of pyridine rings is 1. The van der Waals surface area contributed by atoms with E-state index < -0.39 is 4.92 Å². The van der Waals surface area contributed by atoms with Gasteiger partial charge in [0.15, 0.2) is 0 Å². The van der Waals surface area contributed by atoms with Crippen molar-refractivity contribution in [3.8, 4) is 0 Å². The molecule has 0 radical (unpaired) electrons. The molecule has 2 heterocycles. The molecule has 0 amide bonds. The summed E-state index contributed by atoms with van der Waals surface area (Å²) in [6.45, 7) is 4.79. The highest BCUT2D eigenvalue weighted by Crippen LogP contribution is 2.19. The number of ether oxygens (including phenoxy) is 1. The summed E-state index contributed by atoms with van der Waals surface area (Å²) < 4.78 is 5.25. The zero-order chi connectivity index (χ0) is 12.8. The molecule has 0 unspecified atom stereocenters. The molecule has 98 valence electrons. The van der Waals surface area contributed by atoms with Crippen LogP contribution >= 0.6 is 0 Å². The molecule has 0 atom stereocenters. The number of hydrogen-bond donors (Lipinski definition) is 1. The van der Waals surface area contributed by atoms with E-state index in [0.29, 0.717) is 12.4 Å². The molecule has 2 rings (SSSR count). The topological polar surface area (TPSA) is 80.5 Å². The zero-order valence-corrected chi connectivity index (χ0v) is 10.0. The molecule has 0 saturated carbocycles. The number of anilines is 1. The Morgan fingerprint density at radius 1 is 1.50 bits per heavy atom. The van der Waals surface area contributed by atoms with Gasteiger partial charge in [-0.05, 0) is 6.07 Å². The summed E-state index contributed by atoms with van der Waals surface area (Å²) >= 11 is 0. The Bertz CT molecular complexity index is 407. The van der Waals surface area contributed by atoms with Crippen LogP contribution in [-0.2, 0) is 4.74 Å². The van der Waals surface area contributed by atoms with Gasteiger partial charge in [0.1, 0.15) is 0 Å². The second-order valence-corrected chi connectivity index (χ2v) is 4.01. The molecule has 0 aromatic carbocycles. The molecule has 1 fully saturated rings. The predicted molar refractivity (Wildman–Crippen MR) is 66.6 cm³/mol. The molecule has 0 spiro atoms. The molecule has 1 N–H and O–H groups in total. The molecule has 7 heteroatoms. The van der Waals surface area contributed by atoms with Gasteiger partial charge in [-0.3, -0.25) is 15.0 Å². The van der Waals surface area contributed by atoms with E-state index in [-0.39, 0.29) is 5.69 Å². The zero-order valence-electron chi connectivity index (χ0n) is 10.0. The van der Waals surface area contributed by atoms with E-state index in [1.165, 1.54) is 6.07 Å². The van der Waals surface area contributed by atoms with E-state index in [1.54, 1.807) is 12.3 Å². The minimum absolute atomic E-state index is 0.0134. The van der Waals surface area contributed by atoms with Crippen LogP contribution in [0.1, 0.15) is 0 Å². The van der Waals surface area contributed by atoms with E-state index in [2.05, 4.69) is 15.2 Å². The third-order valence-corrected chi connectivity index (χ3v) is 2.81. The average molecular weight is 252 g/mol. The van der Waals surface area contributed by atoms with Gasteiger partial charge in [-0.2, -0.15) is 0 Å². The van der Waals surface area contributed by atoms with Crippen LogP contribution in [0, 0.1) is 10.1 Å². The number of nitro groups is 1. The SMILES string of the molecule is O=[N+]([O-])c1cccnc1NCCN1CCOCC1. The van der Waals surface area contributed by atoms with Gasteiger partial charge >= 0.3 is 5.69 Å². The molecule has 1 aliphatic rings. The highest BCUT2D eigenvalue weighted by atomic mass is 16.6. The van der Waals surface area contributed by atoms with Crippen molar-refractivity contribution >= 4 is 11.5 Å². The molecule has 1 aromatic heterocycles. The lowest BCUT2D eigenvalue weighted by Crippen LogP contribution is -2.39. The third-order valence-electron chi connectivity index (χ3n) is 2.81. The maximum Gasteiger partial charge on any atom is 0.311 e. The first kappa shape index (κ1) is 12.7. The van der Waals surface area contributed by atoms with Crippen molar-refractivity contribution in [1.29, 1.82) is 0 Å². The predicted octanol–water partition coefficient (Wildman–Crippen LogP) is 0.734. The van der Waals surface area contributed by atoms with Crippen molar-refractivity contribution in [2.75, 3.05) is 44.7 Å². The normalized spacial score (nSPS) is 16.4. The van der Waals surface area contributed by atoms with E-state index >= 15 is 0 Å². The lowest BCUT2D eigenvalue weighted by Gasteiger charge is -2.26. The molecule has 7 nitrogen and oxygen atoms in total. The third kappa shape index (κ3) is 3.38. The Balaban J connectivity index is 1.84. The Morgan fingerprint density at radius 3 is 3.00 bits per heavy atom. The fourth-order valence-corrected chi connectivity index (χ4v) is 1.84. The number of aromatic nitrogens is 1. The number of nitrogens with zero attached hydrogens (tertiary/aromatic N) is 3. The van der Waals surface area contributed by atoms with Crippen LogP contribution in [0.3, 0.4) is 0 Å². The minimum Gasteiger partial charge on any atom is -0.379 e. The summed E-state index contributed by atoms with van der Waals surface area (Å²) in [5, 5.41) is 13.8. The van der Waals surface area contributed by atoms with Gasteiger partial charge in [-0.15, -0.1) is 0 Å². The maximum atomic E-state index is 10.8. The van der Waals surface area contributed by atoms with Crippen molar-refractivity contribution in [3.05, 3.63) is 28.4 Å². The smallest absolute Gasteiger partial charge is 0.311 e. The first-order valence-electron chi connectivity index (χ1n) is 5.91. The van der Waals surface area contributed by atoms with Crippen molar-refractivity contribution in [2.45, 2.75) is 0 Å². The minimum atomic E-state index is -0.427. The summed E-state index contributed by atoms with van der Waals surface area (Å²) in [7, 11) is 0. The molecular formula is C11H16N4O3. The highest BCUT2D eigenvalue weighted by molar-refractivity contribution is 5.54. The lowest BCUT2D eigenvalue weighted by molar-refractivity contribution is -0.384. The van der Waals surface area contributed by atoms with Gasteiger partial charge in [-0.25, -0.2) is 4.98 Å². The van der Waals surface area contributed by atoms with Crippen LogP contribution in [0.5, 0.6) is 0 Å². The molecular weight excluding hydrogens is 236 g/mol. The highest BCUT2D eigenvalue weighted by Gasteiger charge is 2.14. The molecule has 0 bridgehead atoms. The van der Waals surface area contributed by atoms with Gasteiger partial charge in [0, 0.05) is 38.4 Å². The van der Waals surface area contributed by atoms with Crippen molar-refractivity contribution < 1.29 is 9.66 Å². The van der Waals surface area contributed by atoms with Crippen LogP contribution in [0.15, 0.2) is 18.3 Å². The van der Waals surface area contributed by atoms with E-state index in [9.17, 15) is 10.1 Å². The van der Waals surface area contributed by atoms with Crippen molar-refractivity contribution in [2.24, 2.45) is 0 Å². The van der Waals surface area contributed by atoms with E-state index in [0.717, 1.165) is 32.8 Å². The molecule has 1 saturated heterocycles. The molecule has 18 heavy (non-hydrogen) atoms. The second kappa shape index (κ2) is 6.27. The summed E-state index contributed by atoms with van der Waals surface area (Å²) in [5.41, 5.74) is 0.0134. The number of hydrogen-bond acceptors (Lipinski definition) is 6. The van der Waals surface area contributed by atoms with Crippen molar-refractivity contribution in [3.63, 3.8) is 0 Å². The Morgan fingerprint density at radius 2 is 2.28 bits per heavy atom. The van der Waals surface area contributed by atoms with Crippen molar-refractivity contribution in [1.82, 2.24) is 9.88 Å². The first-order valence-corrected chi connectivity index (χ1v) is 5.91. The Kier molecular flexibility index (Phi) is 4.43. The fraction of sp³-hybridized carbons (Fsp3) is 0.545. The quantitative estimate of drug-likeness (QED) is 0.614. The average Bonchev–Trinajstić information content (AvgIpc) is 2.40. The standard InChI is InChI=1S/C11H16N4O3/c16-15(17)10-2-1-3-12-11(10)13-4-5-14-6-8-18-9-7-14/h1-3H,4-9H2,(H,12,13). The van der Waals surface area contributed by atoms with E-state index in [4.69, 9.17) is 4.74 Å². The van der Waals surface area contributed by atoms with Gasteiger partial charge in [0.2, 0.25) is 5.82 Å². The van der Waals surface area contributed by atoms with Crippen LogP contribution in [0.4, 0.5) is 11.5 Å². The summed E-state index contributed by atoms with van der Waals surface area (Å²) in [6, 6.07) is 3.01. The monoisotopic (exact) mass is 252 g/mol. The van der Waals surface area contributed by atoms with Crippen LogP contribution in [0.25, 0.3) is 0 Å². The van der Waals surface area contributed by atoms with Gasteiger partial charge in [0.05, 0.1) is 18.1 Å². The largest absolute Gasteiger partial charge is 0.379 e. The van der Waals surface area contributed by atoms with Gasteiger partial charge in [-0.1, -0.05) is 0 Å². The van der Waals surface area contributed by atoms with Crippen LogP contribution < -0.4 is 5.32 Å².